The minimum absolute atomic E-state index is 0.0462. The lowest BCUT2D eigenvalue weighted by Gasteiger charge is -2.06. The monoisotopic (exact) mass is 246 g/mol. The van der Waals surface area contributed by atoms with Gasteiger partial charge in [-0.25, -0.2) is 14.7 Å². The fourth-order valence-corrected chi connectivity index (χ4v) is 1.39. The van der Waals surface area contributed by atoms with Gasteiger partial charge in [0, 0.05) is 6.54 Å². The van der Waals surface area contributed by atoms with Gasteiger partial charge in [0.1, 0.15) is 0 Å². The van der Waals surface area contributed by atoms with Gasteiger partial charge in [0.05, 0.1) is 0 Å². The highest BCUT2D eigenvalue weighted by Gasteiger charge is 2.14. The van der Waals surface area contributed by atoms with Crippen molar-refractivity contribution in [2.24, 2.45) is 0 Å². The summed E-state index contributed by atoms with van der Waals surface area (Å²) in [7, 11) is 0. The number of H-pyrrole nitrogens is 1. The minimum Gasteiger partial charge on any atom is -0.476 e. The van der Waals surface area contributed by atoms with Gasteiger partial charge >= 0.3 is 11.7 Å². The van der Waals surface area contributed by atoms with Crippen LogP contribution < -0.4 is 11.0 Å². The smallest absolute Gasteiger partial charge is 0.363 e. The number of aromatic nitrogens is 3. The van der Waals surface area contributed by atoms with Gasteiger partial charge in [-0.1, -0.05) is 30.3 Å². The van der Waals surface area contributed by atoms with Crippen molar-refractivity contribution in [3.8, 4) is 0 Å². The van der Waals surface area contributed by atoms with E-state index in [4.69, 9.17) is 5.11 Å². The summed E-state index contributed by atoms with van der Waals surface area (Å²) in [6.45, 7) is 0.360. The van der Waals surface area contributed by atoms with Gasteiger partial charge in [-0.15, -0.1) is 0 Å². The van der Waals surface area contributed by atoms with Crippen LogP contribution >= 0.6 is 0 Å². The number of aromatic amines is 1. The molecule has 0 aliphatic carbocycles. The summed E-state index contributed by atoms with van der Waals surface area (Å²) in [5.74, 6) is -1.30. The van der Waals surface area contributed by atoms with Gasteiger partial charge in [0.15, 0.2) is 5.82 Å². The number of anilines is 1. The Hall–Kier alpha value is -2.70. The van der Waals surface area contributed by atoms with E-state index in [0.29, 0.717) is 6.54 Å². The van der Waals surface area contributed by atoms with Crippen LogP contribution in [0.1, 0.15) is 16.1 Å². The summed E-state index contributed by atoms with van der Waals surface area (Å²) in [6, 6.07) is 9.33. The van der Waals surface area contributed by atoms with Crippen molar-refractivity contribution in [1.29, 1.82) is 0 Å². The van der Waals surface area contributed by atoms with E-state index in [1.54, 1.807) is 0 Å². The maximum atomic E-state index is 11.0. The summed E-state index contributed by atoms with van der Waals surface area (Å²) in [4.78, 5) is 25.4. The molecule has 0 aliphatic rings. The third kappa shape index (κ3) is 2.70. The predicted molar refractivity (Wildman–Crippen MR) is 63.4 cm³/mol. The highest BCUT2D eigenvalue weighted by molar-refractivity contribution is 5.90. The molecule has 0 atom stereocenters. The molecule has 2 rings (SSSR count). The average Bonchev–Trinajstić information content (AvgIpc) is 2.37. The molecule has 0 spiro atoms. The van der Waals surface area contributed by atoms with E-state index < -0.39 is 11.7 Å². The zero-order valence-electron chi connectivity index (χ0n) is 9.25. The number of carboxylic acids is 1. The van der Waals surface area contributed by atoms with E-state index in [-0.39, 0.29) is 11.5 Å². The van der Waals surface area contributed by atoms with Crippen LogP contribution in [0.25, 0.3) is 0 Å². The lowest BCUT2D eigenvalue weighted by molar-refractivity contribution is 0.0689. The Morgan fingerprint density at radius 3 is 2.72 bits per heavy atom. The largest absolute Gasteiger partial charge is 0.476 e. The van der Waals surface area contributed by atoms with Gasteiger partial charge in [-0.2, -0.15) is 10.1 Å². The standard InChI is InChI=1S/C11H10N4O3/c16-10(17)8-9(13-11(18)15-14-8)12-6-7-4-2-1-3-5-7/h1-5H,6H2,(H,16,17)(H2,12,13,15,18). The minimum atomic E-state index is -1.26. The highest BCUT2D eigenvalue weighted by Crippen LogP contribution is 2.08. The van der Waals surface area contributed by atoms with Crippen LogP contribution in [0, 0.1) is 0 Å². The molecule has 0 amide bonds. The van der Waals surface area contributed by atoms with Crippen LogP contribution in [-0.2, 0) is 6.54 Å². The topological polar surface area (TPSA) is 108 Å². The lowest BCUT2D eigenvalue weighted by Crippen LogP contribution is -2.20. The quantitative estimate of drug-likeness (QED) is 0.724. The second-order valence-electron chi connectivity index (χ2n) is 3.48. The fraction of sp³-hybridized carbons (Fsp3) is 0.0909. The van der Waals surface area contributed by atoms with E-state index in [1.807, 2.05) is 35.4 Å². The SMILES string of the molecule is O=C(O)c1n[nH]c(=O)nc1NCc1ccccc1. The number of carboxylic acid groups (broad SMARTS) is 1. The van der Waals surface area contributed by atoms with Gasteiger partial charge in [-0.3, -0.25) is 0 Å². The maximum Gasteiger partial charge on any atom is 0.363 e. The van der Waals surface area contributed by atoms with Crippen LogP contribution in [0.15, 0.2) is 35.1 Å². The van der Waals surface area contributed by atoms with Crippen molar-refractivity contribution in [2.45, 2.75) is 6.54 Å². The van der Waals surface area contributed by atoms with Crippen molar-refractivity contribution in [1.82, 2.24) is 15.2 Å². The maximum absolute atomic E-state index is 11.0. The van der Waals surface area contributed by atoms with Crippen molar-refractivity contribution in [3.63, 3.8) is 0 Å². The molecule has 92 valence electrons. The van der Waals surface area contributed by atoms with Crippen LogP contribution in [0.2, 0.25) is 0 Å². The summed E-state index contributed by atoms with van der Waals surface area (Å²) in [6.07, 6.45) is 0. The number of hydrogen-bond acceptors (Lipinski definition) is 5. The second-order valence-corrected chi connectivity index (χ2v) is 3.48. The molecule has 0 radical (unpaired) electrons. The van der Waals surface area contributed by atoms with E-state index >= 15 is 0 Å². The normalized spacial score (nSPS) is 10.0. The second kappa shape index (κ2) is 5.09. The molecule has 1 heterocycles. The molecule has 1 aromatic heterocycles. The van der Waals surface area contributed by atoms with E-state index in [0.717, 1.165) is 5.56 Å². The van der Waals surface area contributed by atoms with Crippen molar-refractivity contribution in [2.75, 3.05) is 5.32 Å². The Morgan fingerprint density at radius 1 is 1.33 bits per heavy atom. The molecule has 1 aromatic carbocycles. The van der Waals surface area contributed by atoms with Gasteiger partial charge < -0.3 is 10.4 Å². The highest BCUT2D eigenvalue weighted by atomic mass is 16.4. The Kier molecular flexibility index (Phi) is 3.33. The molecule has 18 heavy (non-hydrogen) atoms. The first-order valence-electron chi connectivity index (χ1n) is 5.14. The zero-order valence-corrected chi connectivity index (χ0v) is 9.25. The van der Waals surface area contributed by atoms with Gasteiger partial charge in [0.25, 0.3) is 0 Å². The third-order valence-corrected chi connectivity index (χ3v) is 2.21. The summed E-state index contributed by atoms with van der Waals surface area (Å²) in [5.41, 5.74) is -0.0722. The predicted octanol–water partition coefficient (Wildman–Crippen LogP) is 0.475. The van der Waals surface area contributed by atoms with E-state index in [9.17, 15) is 9.59 Å². The molecular weight excluding hydrogens is 236 g/mol. The van der Waals surface area contributed by atoms with E-state index in [1.165, 1.54) is 0 Å². The molecule has 0 saturated carbocycles. The Bertz CT molecular complexity index is 609. The van der Waals surface area contributed by atoms with Crippen LogP contribution in [0.3, 0.4) is 0 Å². The Morgan fingerprint density at radius 2 is 2.06 bits per heavy atom. The molecule has 0 unspecified atom stereocenters. The molecule has 7 heteroatoms. The van der Waals surface area contributed by atoms with Crippen LogP contribution in [-0.4, -0.2) is 26.3 Å². The number of benzene rings is 1. The van der Waals surface area contributed by atoms with Crippen molar-refractivity contribution < 1.29 is 9.90 Å². The third-order valence-electron chi connectivity index (χ3n) is 2.21. The Labute approximate surface area is 102 Å². The summed E-state index contributed by atoms with van der Waals surface area (Å²) >= 11 is 0. The first kappa shape index (κ1) is 11.8. The molecule has 0 saturated heterocycles. The molecule has 0 aliphatic heterocycles. The molecule has 0 bridgehead atoms. The molecule has 0 fully saturated rings. The number of aromatic carboxylic acids is 1. The molecule has 3 N–H and O–H groups in total. The van der Waals surface area contributed by atoms with Crippen LogP contribution in [0.5, 0.6) is 0 Å². The zero-order chi connectivity index (χ0) is 13.0. The first-order valence-corrected chi connectivity index (χ1v) is 5.14. The molecule has 2 aromatic rings. The van der Waals surface area contributed by atoms with Gasteiger partial charge in [-0.05, 0) is 5.56 Å². The number of hydrogen-bond donors (Lipinski definition) is 3. The van der Waals surface area contributed by atoms with Crippen LogP contribution in [0.4, 0.5) is 5.82 Å². The fourth-order valence-electron chi connectivity index (χ4n) is 1.39. The van der Waals surface area contributed by atoms with E-state index in [2.05, 4.69) is 15.4 Å². The van der Waals surface area contributed by atoms with Crippen molar-refractivity contribution in [3.05, 3.63) is 52.1 Å². The number of nitrogens with one attached hydrogen (secondary N) is 2. The number of rotatable bonds is 4. The summed E-state index contributed by atoms with van der Waals surface area (Å²) in [5, 5.41) is 17.1. The first-order chi connectivity index (χ1) is 8.66. The summed E-state index contributed by atoms with van der Waals surface area (Å²) < 4.78 is 0. The molecule has 7 nitrogen and oxygen atoms in total. The number of carbonyl (C=O) groups is 1. The lowest BCUT2D eigenvalue weighted by atomic mass is 10.2. The Balaban J connectivity index is 2.21. The van der Waals surface area contributed by atoms with Crippen molar-refractivity contribution >= 4 is 11.8 Å². The van der Waals surface area contributed by atoms with Gasteiger partial charge in [0.2, 0.25) is 5.69 Å². The average molecular weight is 246 g/mol. The molecular formula is C11H10N4O3. The number of nitrogens with zero attached hydrogens (tertiary/aromatic N) is 2.